The molecule has 2 aromatic rings. The molecular formula is C11H6Cl3NO. The van der Waals surface area contributed by atoms with Crippen molar-refractivity contribution in [2.45, 2.75) is 0 Å². The van der Waals surface area contributed by atoms with Crippen LogP contribution in [0.4, 0.5) is 0 Å². The van der Waals surface area contributed by atoms with Gasteiger partial charge in [0.15, 0.2) is 0 Å². The summed E-state index contributed by atoms with van der Waals surface area (Å²) in [5, 5.41) is 0.901. The zero-order valence-corrected chi connectivity index (χ0v) is 10.2. The van der Waals surface area contributed by atoms with Crippen LogP contribution >= 0.6 is 34.8 Å². The number of halogens is 3. The van der Waals surface area contributed by atoms with Crippen molar-refractivity contribution < 1.29 is 0 Å². The number of hydrogen-bond acceptors (Lipinski definition) is 1. The lowest BCUT2D eigenvalue weighted by Gasteiger charge is -2.06. The van der Waals surface area contributed by atoms with E-state index in [4.69, 9.17) is 34.8 Å². The maximum atomic E-state index is 11.6. The van der Waals surface area contributed by atoms with Gasteiger partial charge in [-0.1, -0.05) is 40.9 Å². The Morgan fingerprint density at radius 3 is 2.38 bits per heavy atom. The number of aromatic nitrogens is 1. The Labute approximate surface area is 107 Å². The van der Waals surface area contributed by atoms with Gasteiger partial charge in [-0.2, -0.15) is 0 Å². The van der Waals surface area contributed by atoms with Crippen molar-refractivity contribution in [2.75, 3.05) is 0 Å². The molecule has 5 heteroatoms. The van der Waals surface area contributed by atoms with Crippen molar-refractivity contribution in [1.82, 2.24) is 4.98 Å². The normalized spacial score (nSPS) is 10.4. The van der Waals surface area contributed by atoms with Crippen LogP contribution in [0.15, 0.2) is 35.3 Å². The van der Waals surface area contributed by atoms with E-state index < -0.39 is 0 Å². The van der Waals surface area contributed by atoms with Crippen LogP contribution in [0, 0.1) is 0 Å². The van der Waals surface area contributed by atoms with Crippen LogP contribution in [-0.2, 0) is 0 Å². The summed E-state index contributed by atoms with van der Waals surface area (Å²) in [7, 11) is 0. The van der Waals surface area contributed by atoms with Gasteiger partial charge in [-0.25, -0.2) is 0 Å². The van der Waals surface area contributed by atoms with E-state index in [0.29, 0.717) is 16.1 Å². The highest BCUT2D eigenvalue weighted by Gasteiger charge is 2.12. The Balaban J connectivity index is 2.71. The molecule has 0 aliphatic heterocycles. The molecule has 0 unspecified atom stereocenters. The summed E-state index contributed by atoms with van der Waals surface area (Å²) in [6.45, 7) is 0. The third-order valence-corrected chi connectivity index (χ3v) is 3.44. The van der Waals surface area contributed by atoms with E-state index in [9.17, 15) is 4.79 Å². The predicted octanol–water partition coefficient (Wildman–Crippen LogP) is 4.00. The molecule has 1 aromatic heterocycles. The van der Waals surface area contributed by atoms with Crippen molar-refractivity contribution in [3.05, 3.63) is 55.9 Å². The predicted molar refractivity (Wildman–Crippen MR) is 67.5 cm³/mol. The van der Waals surface area contributed by atoms with Gasteiger partial charge in [-0.15, -0.1) is 0 Å². The average Bonchev–Trinajstić information content (AvgIpc) is 2.28. The molecule has 0 spiro atoms. The summed E-state index contributed by atoms with van der Waals surface area (Å²) >= 11 is 17.8. The summed E-state index contributed by atoms with van der Waals surface area (Å²) in [5.41, 5.74) is 0.812. The fourth-order valence-corrected chi connectivity index (χ4v) is 2.00. The fourth-order valence-electron chi connectivity index (χ4n) is 1.37. The van der Waals surface area contributed by atoms with Gasteiger partial charge < -0.3 is 4.98 Å². The second kappa shape index (κ2) is 4.50. The Kier molecular flexibility index (Phi) is 3.24. The molecule has 0 aliphatic carbocycles. The van der Waals surface area contributed by atoms with Gasteiger partial charge in [0.1, 0.15) is 0 Å². The topological polar surface area (TPSA) is 32.9 Å². The van der Waals surface area contributed by atoms with Crippen LogP contribution in [0.2, 0.25) is 15.1 Å². The molecule has 1 N–H and O–H groups in total. The summed E-state index contributed by atoms with van der Waals surface area (Å²) in [4.78, 5) is 14.1. The molecule has 1 aromatic carbocycles. The molecule has 1 heterocycles. The van der Waals surface area contributed by atoms with Crippen LogP contribution in [0.25, 0.3) is 11.1 Å². The maximum absolute atomic E-state index is 11.6. The highest BCUT2D eigenvalue weighted by molar-refractivity contribution is 6.49. The molecule has 2 nitrogen and oxygen atoms in total. The second-order valence-electron chi connectivity index (χ2n) is 3.14. The van der Waals surface area contributed by atoms with Gasteiger partial charge in [-0.3, -0.25) is 4.79 Å². The number of benzene rings is 1. The zero-order valence-electron chi connectivity index (χ0n) is 7.93. The van der Waals surface area contributed by atoms with Crippen LogP contribution in [0.3, 0.4) is 0 Å². The van der Waals surface area contributed by atoms with E-state index in [1.165, 1.54) is 0 Å². The molecule has 0 atom stereocenters. The summed E-state index contributed by atoms with van der Waals surface area (Å²) in [5.74, 6) is 0. The number of nitrogens with one attached hydrogen (secondary N) is 1. The second-order valence-corrected chi connectivity index (χ2v) is 4.30. The number of hydrogen-bond donors (Lipinski definition) is 1. The van der Waals surface area contributed by atoms with Crippen molar-refractivity contribution in [1.29, 1.82) is 0 Å². The van der Waals surface area contributed by atoms with E-state index in [2.05, 4.69) is 4.98 Å². The Bertz CT molecular complexity index is 592. The molecule has 0 radical (unpaired) electrons. The lowest BCUT2D eigenvalue weighted by molar-refractivity contribution is 1.24. The van der Waals surface area contributed by atoms with Gasteiger partial charge in [-0.05, 0) is 18.2 Å². The maximum Gasteiger partial charge on any atom is 0.255 e. The SMILES string of the molecule is O=c1[nH]cccc1-c1ccc(Cl)c(Cl)c1Cl. The van der Waals surface area contributed by atoms with Crippen LogP contribution < -0.4 is 5.56 Å². The molecule has 0 saturated heterocycles. The van der Waals surface area contributed by atoms with Gasteiger partial charge in [0.05, 0.1) is 15.1 Å². The minimum Gasteiger partial charge on any atom is -0.329 e. The minimum absolute atomic E-state index is 0.220. The highest BCUT2D eigenvalue weighted by Crippen LogP contribution is 2.36. The van der Waals surface area contributed by atoms with Gasteiger partial charge in [0, 0.05) is 17.3 Å². The Morgan fingerprint density at radius 2 is 1.69 bits per heavy atom. The molecule has 16 heavy (non-hydrogen) atoms. The zero-order chi connectivity index (χ0) is 11.7. The van der Waals surface area contributed by atoms with E-state index in [0.717, 1.165) is 0 Å². The largest absolute Gasteiger partial charge is 0.329 e. The number of aromatic amines is 1. The quantitative estimate of drug-likeness (QED) is 0.783. The van der Waals surface area contributed by atoms with Crippen molar-refractivity contribution in [3.63, 3.8) is 0 Å². The van der Waals surface area contributed by atoms with Gasteiger partial charge in [0.25, 0.3) is 5.56 Å². The van der Waals surface area contributed by atoms with Gasteiger partial charge in [0.2, 0.25) is 0 Å². The summed E-state index contributed by atoms with van der Waals surface area (Å²) in [6, 6.07) is 6.67. The molecule has 0 aliphatic rings. The van der Waals surface area contributed by atoms with E-state index in [1.54, 1.807) is 30.5 Å². The fraction of sp³-hybridized carbons (Fsp3) is 0. The molecule has 0 fully saturated rings. The van der Waals surface area contributed by atoms with Crippen LogP contribution in [0.5, 0.6) is 0 Å². The smallest absolute Gasteiger partial charge is 0.255 e. The minimum atomic E-state index is -0.220. The number of pyridine rings is 1. The van der Waals surface area contributed by atoms with E-state index >= 15 is 0 Å². The van der Waals surface area contributed by atoms with E-state index in [-0.39, 0.29) is 15.6 Å². The molecule has 2 rings (SSSR count). The standard InChI is InChI=1S/C11H6Cl3NO/c12-8-4-3-6(9(13)10(8)14)7-2-1-5-15-11(7)16/h1-5H,(H,15,16). The first kappa shape index (κ1) is 11.5. The average molecular weight is 275 g/mol. The Hall–Kier alpha value is -0.960. The first-order valence-electron chi connectivity index (χ1n) is 4.43. The third kappa shape index (κ3) is 1.96. The molecule has 0 saturated carbocycles. The summed E-state index contributed by atoms with van der Waals surface area (Å²) in [6.07, 6.45) is 1.55. The molecule has 82 valence electrons. The number of H-pyrrole nitrogens is 1. The molecule has 0 bridgehead atoms. The van der Waals surface area contributed by atoms with Crippen LogP contribution in [-0.4, -0.2) is 4.98 Å². The number of rotatable bonds is 1. The molecule has 0 amide bonds. The first-order chi connectivity index (χ1) is 7.61. The monoisotopic (exact) mass is 273 g/mol. The molecular weight excluding hydrogens is 268 g/mol. The summed E-state index contributed by atoms with van der Waals surface area (Å²) < 4.78 is 0. The lowest BCUT2D eigenvalue weighted by atomic mass is 10.1. The Morgan fingerprint density at radius 1 is 0.938 bits per heavy atom. The van der Waals surface area contributed by atoms with Crippen molar-refractivity contribution in [2.24, 2.45) is 0 Å². The van der Waals surface area contributed by atoms with Gasteiger partial charge >= 0.3 is 0 Å². The first-order valence-corrected chi connectivity index (χ1v) is 5.56. The van der Waals surface area contributed by atoms with E-state index in [1.807, 2.05) is 0 Å². The van der Waals surface area contributed by atoms with Crippen molar-refractivity contribution >= 4 is 34.8 Å². The lowest BCUT2D eigenvalue weighted by Crippen LogP contribution is -2.07. The van der Waals surface area contributed by atoms with Crippen LogP contribution in [0.1, 0.15) is 0 Å². The third-order valence-electron chi connectivity index (χ3n) is 2.14. The van der Waals surface area contributed by atoms with Crippen molar-refractivity contribution in [3.8, 4) is 11.1 Å². The highest BCUT2D eigenvalue weighted by atomic mass is 35.5.